The number of rotatable bonds is 5. The molecule has 1 aliphatic heterocycles. The summed E-state index contributed by atoms with van der Waals surface area (Å²) in [7, 11) is 0. The number of pyridine rings is 1. The van der Waals surface area contributed by atoms with Gasteiger partial charge in [-0.2, -0.15) is 0 Å². The van der Waals surface area contributed by atoms with Crippen molar-refractivity contribution in [3.63, 3.8) is 0 Å². The molecule has 1 aromatic carbocycles. The molecule has 1 amide bonds. The number of anilines is 1. The van der Waals surface area contributed by atoms with Crippen LogP contribution < -0.4 is 10.2 Å². The molecule has 6 heteroatoms. The highest BCUT2D eigenvalue weighted by molar-refractivity contribution is 6.00. The molecule has 1 saturated heterocycles. The van der Waals surface area contributed by atoms with Gasteiger partial charge in [0.2, 0.25) is 5.91 Å². The molecule has 26 heavy (non-hydrogen) atoms. The molecular weight excluding hydrogens is 333 g/mol. The Hall–Kier alpha value is -2.76. The summed E-state index contributed by atoms with van der Waals surface area (Å²) in [6, 6.07) is 8.44. The SMILES string of the molecule is CC(=O)c1c(F)cccc1N1CCC(C(=O)NCc2cccnc2)CC1. The molecule has 0 atom stereocenters. The van der Waals surface area contributed by atoms with Gasteiger partial charge < -0.3 is 10.2 Å². The van der Waals surface area contributed by atoms with Gasteiger partial charge in [-0.15, -0.1) is 0 Å². The Kier molecular flexibility index (Phi) is 5.61. The van der Waals surface area contributed by atoms with Crippen molar-refractivity contribution in [3.05, 3.63) is 59.7 Å². The largest absolute Gasteiger partial charge is 0.371 e. The zero-order valence-electron chi connectivity index (χ0n) is 14.7. The smallest absolute Gasteiger partial charge is 0.223 e. The Labute approximate surface area is 152 Å². The van der Waals surface area contributed by atoms with Crippen molar-refractivity contribution in [2.75, 3.05) is 18.0 Å². The van der Waals surface area contributed by atoms with Gasteiger partial charge in [0.15, 0.2) is 5.78 Å². The minimum atomic E-state index is -0.494. The van der Waals surface area contributed by atoms with Crippen molar-refractivity contribution in [2.45, 2.75) is 26.3 Å². The molecule has 2 aromatic rings. The van der Waals surface area contributed by atoms with E-state index >= 15 is 0 Å². The van der Waals surface area contributed by atoms with Crippen LogP contribution >= 0.6 is 0 Å². The summed E-state index contributed by atoms with van der Waals surface area (Å²) in [6.07, 6.45) is 4.78. The number of ketones is 1. The van der Waals surface area contributed by atoms with Crippen molar-refractivity contribution < 1.29 is 14.0 Å². The first-order chi connectivity index (χ1) is 12.6. The van der Waals surface area contributed by atoms with Crippen LogP contribution in [0.25, 0.3) is 0 Å². The molecule has 1 N–H and O–H groups in total. The number of amides is 1. The molecule has 0 radical (unpaired) electrons. The van der Waals surface area contributed by atoms with Crippen molar-refractivity contribution in [3.8, 4) is 0 Å². The van der Waals surface area contributed by atoms with Gasteiger partial charge >= 0.3 is 0 Å². The number of benzene rings is 1. The van der Waals surface area contributed by atoms with Crippen LogP contribution in [-0.2, 0) is 11.3 Å². The highest BCUT2D eigenvalue weighted by atomic mass is 19.1. The monoisotopic (exact) mass is 355 g/mol. The Morgan fingerprint density at radius 3 is 2.65 bits per heavy atom. The summed E-state index contributed by atoms with van der Waals surface area (Å²) in [5.41, 5.74) is 1.71. The molecular formula is C20H22FN3O2. The van der Waals surface area contributed by atoms with Gasteiger partial charge in [0, 0.05) is 37.9 Å². The molecule has 1 aliphatic rings. The quantitative estimate of drug-likeness (QED) is 0.838. The van der Waals surface area contributed by atoms with Crippen LogP contribution in [0.1, 0.15) is 35.7 Å². The summed E-state index contributed by atoms with van der Waals surface area (Å²) in [6.45, 7) is 3.08. The molecule has 0 unspecified atom stereocenters. The number of carbonyl (C=O) groups excluding carboxylic acids is 2. The first-order valence-corrected chi connectivity index (χ1v) is 8.77. The summed E-state index contributed by atoms with van der Waals surface area (Å²) in [5.74, 6) is -0.822. The molecule has 0 aliphatic carbocycles. The normalized spacial score (nSPS) is 14.9. The van der Waals surface area contributed by atoms with Gasteiger partial charge in [-0.1, -0.05) is 12.1 Å². The van der Waals surface area contributed by atoms with E-state index in [9.17, 15) is 14.0 Å². The molecule has 136 valence electrons. The minimum absolute atomic E-state index is 0.0273. The van der Waals surface area contributed by atoms with Crippen LogP contribution in [0, 0.1) is 11.7 Å². The van der Waals surface area contributed by atoms with Crippen LogP contribution in [0.4, 0.5) is 10.1 Å². The first-order valence-electron chi connectivity index (χ1n) is 8.77. The fraction of sp³-hybridized carbons (Fsp3) is 0.350. The molecule has 0 saturated carbocycles. The highest BCUT2D eigenvalue weighted by Gasteiger charge is 2.27. The van der Waals surface area contributed by atoms with E-state index in [1.165, 1.54) is 13.0 Å². The minimum Gasteiger partial charge on any atom is -0.371 e. The molecule has 0 spiro atoms. The second-order valence-electron chi connectivity index (χ2n) is 6.53. The Morgan fingerprint density at radius 2 is 2.00 bits per heavy atom. The molecule has 5 nitrogen and oxygen atoms in total. The lowest BCUT2D eigenvalue weighted by Gasteiger charge is -2.34. The Morgan fingerprint density at radius 1 is 1.23 bits per heavy atom. The predicted octanol–water partition coefficient (Wildman–Crippen LogP) is 2.96. The fourth-order valence-corrected chi connectivity index (χ4v) is 3.34. The summed E-state index contributed by atoms with van der Waals surface area (Å²) in [5, 5.41) is 2.95. The molecule has 1 aromatic heterocycles. The molecule has 0 bridgehead atoms. The lowest BCUT2D eigenvalue weighted by molar-refractivity contribution is -0.125. The summed E-state index contributed by atoms with van der Waals surface area (Å²) >= 11 is 0. The van der Waals surface area contributed by atoms with Gasteiger partial charge in [-0.25, -0.2) is 4.39 Å². The van der Waals surface area contributed by atoms with Crippen molar-refractivity contribution in [1.82, 2.24) is 10.3 Å². The topological polar surface area (TPSA) is 62.3 Å². The average Bonchev–Trinajstić information content (AvgIpc) is 2.66. The second-order valence-corrected chi connectivity index (χ2v) is 6.53. The fourth-order valence-electron chi connectivity index (χ4n) is 3.34. The van der Waals surface area contributed by atoms with E-state index in [0.717, 1.165) is 5.56 Å². The maximum Gasteiger partial charge on any atom is 0.223 e. The number of Topliss-reactive ketones (excluding diaryl/α,β-unsaturated/α-hetero) is 1. The van der Waals surface area contributed by atoms with E-state index in [0.29, 0.717) is 38.2 Å². The number of nitrogens with zero attached hydrogens (tertiary/aromatic N) is 2. The van der Waals surface area contributed by atoms with E-state index in [1.54, 1.807) is 24.5 Å². The van der Waals surface area contributed by atoms with Gasteiger partial charge in [-0.3, -0.25) is 14.6 Å². The van der Waals surface area contributed by atoms with Crippen molar-refractivity contribution in [1.29, 1.82) is 0 Å². The number of hydrogen-bond donors (Lipinski definition) is 1. The number of halogens is 1. The van der Waals surface area contributed by atoms with E-state index in [-0.39, 0.29) is 23.2 Å². The van der Waals surface area contributed by atoms with Crippen molar-refractivity contribution in [2.24, 2.45) is 5.92 Å². The van der Waals surface area contributed by atoms with E-state index in [1.807, 2.05) is 17.0 Å². The predicted molar refractivity (Wildman–Crippen MR) is 97.4 cm³/mol. The van der Waals surface area contributed by atoms with Crippen molar-refractivity contribution >= 4 is 17.4 Å². The van der Waals surface area contributed by atoms with Crippen LogP contribution in [-0.4, -0.2) is 29.8 Å². The standard InChI is InChI=1S/C20H22FN3O2/c1-14(25)19-17(21)5-2-6-18(19)24-10-7-16(8-11-24)20(26)23-13-15-4-3-9-22-12-15/h2-6,9,12,16H,7-8,10-11,13H2,1H3,(H,23,26). The molecule has 3 rings (SSSR count). The molecule has 2 heterocycles. The number of nitrogens with one attached hydrogen (secondary N) is 1. The zero-order valence-corrected chi connectivity index (χ0v) is 14.7. The third-order valence-electron chi connectivity index (χ3n) is 4.74. The first kappa shape index (κ1) is 18.0. The van der Waals surface area contributed by atoms with Crippen LogP contribution in [0.5, 0.6) is 0 Å². The van der Waals surface area contributed by atoms with Gasteiger partial charge in [-0.05, 0) is 43.5 Å². The van der Waals surface area contributed by atoms with Gasteiger partial charge in [0.1, 0.15) is 5.82 Å². The second kappa shape index (κ2) is 8.08. The third kappa shape index (κ3) is 4.07. The van der Waals surface area contributed by atoms with E-state index in [4.69, 9.17) is 0 Å². The number of piperidine rings is 1. The summed E-state index contributed by atoms with van der Waals surface area (Å²) < 4.78 is 14.0. The number of carbonyl (C=O) groups is 2. The maximum atomic E-state index is 14.0. The van der Waals surface area contributed by atoms with Gasteiger partial charge in [0.25, 0.3) is 0 Å². The third-order valence-corrected chi connectivity index (χ3v) is 4.74. The Bertz CT molecular complexity index is 787. The summed E-state index contributed by atoms with van der Waals surface area (Å²) in [4.78, 5) is 30.2. The van der Waals surface area contributed by atoms with E-state index in [2.05, 4.69) is 10.3 Å². The zero-order chi connectivity index (χ0) is 18.5. The molecule has 1 fully saturated rings. The lowest BCUT2D eigenvalue weighted by Crippen LogP contribution is -2.40. The van der Waals surface area contributed by atoms with Crippen LogP contribution in [0.15, 0.2) is 42.7 Å². The van der Waals surface area contributed by atoms with E-state index < -0.39 is 5.82 Å². The Balaban J connectivity index is 1.58. The number of aromatic nitrogens is 1. The van der Waals surface area contributed by atoms with Gasteiger partial charge in [0.05, 0.1) is 11.3 Å². The average molecular weight is 355 g/mol. The lowest BCUT2D eigenvalue weighted by atomic mass is 9.94. The van der Waals surface area contributed by atoms with Crippen LogP contribution in [0.2, 0.25) is 0 Å². The highest BCUT2D eigenvalue weighted by Crippen LogP contribution is 2.28. The van der Waals surface area contributed by atoms with Crippen LogP contribution in [0.3, 0.4) is 0 Å². The maximum absolute atomic E-state index is 14.0. The number of hydrogen-bond acceptors (Lipinski definition) is 4.